The average molecular weight is 759 g/mol. The summed E-state index contributed by atoms with van der Waals surface area (Å²) in [5, 5.41) is 6.21. The molecule has 2 saturated heterocycles. The second-order valence-corrected chi connectivity index (χ2v) is 17.7. The first kappa shape index (κ1) is 38.4. The monoisotopic (exact) mass is 758 g/mol. The average Bonchev–Trinajstić information content (AvgIpc) is 3.84. The number of aryl methyl sites for hydroxylation is 1. The zero-order valence-electron chi connectivity index (χ0n) is 33.5. The van der Waals surface area contributed by atoms with Crippen molar-refractivity contribution in [1.29, 1.82) is 0 Å². The van der Waals surface area contributed by atoms with Gasteiger partial charge in [0, 0.05) is 6.54 Å². The van der Waals surface area contributed by atoms with E-state index >= 15 is 0 Å². The number of hydrogen-bond acceptors (Lipinski definition) is 6. The molecule has 2 heterocycles. The van der Waals surface area contributed by atoms with Crippen molar-refractivity contribution >= 4 is 30.9 Å². The Kier molecular flexibility index (Phi) is 10.1. The molecule has 5 fully saturated rings. The highest BCUT2D eigenvalue weighted by atomic mass is 16.7. The van der Waals surface area contributed by atoms with Crippen LogP contribution in [-0.4, -0.2) is 83.5 Å². The summed E-state index contributed by atoms with van der Waals surface area (Å²) in [5.74, 6) is -1.85. The number of hydrogen-bond donors (Lipinski definition) is 2. The fourth-order valence-electron chi connectivity index (χ4n) is 10.5. The Morgan fingerprint density at radius 2 is 1.52 bits per heavy atom. The number of carbonyl (C=O) groups is 4. The van der Waals surface area contributed by atoms with Crippen LogP contribution >= 0.6 is 0 Å². The number of amides is 5. The third kappa shape index (κ3) is 6.44. The molecule has 56 heavy (non-hydrogen) atoms. The Labute approximate surface area is 331 Å². The van der Waals surface area contributed by atoms with E-state index in [0.717, 1.165) is 52.0 Å². The Balaban J connectivity index is 1.03. The normalized spacial score (nSPS) is 27.0. The molecule has 4 aliphatic carbocycles. The lowest BCUT2D eigenvalue weighted by molar-refractivity contribution is -0.199. The number of carbonyl (C=O) groups excluding carboxylic acids is 4. The van der Waals surface area contributed by atoms with Gasteiger partial charge in [0.15, 0.2) is 0 Å². The topological polar surface area (TPSA) is 117 Å². The molecule has 2 bridgehead atoms. The molecule has 294 valence electrons. The van der Waals surface area contributed by atoms with Crippen molar-refractivity contribution in [3.63, 3.8) is 0 Å². The molecule has 11 heteroatoms. The van der Waals surface area contributed by atoms with Crippen molar-refractivity contribution in [3.8, 4) is 11.1 Å². The highest BCUT2D eigenvalue weighted by Crippen LogP contribution is 2.65. The molecule has 3 aromatic rings. The fraction of sp³-hybridized carbons (Fsp3) is 0.511. The van der Waals surface area contributed by atoms with Crippen LogP contribution < -0.4 is 10.6 Å². The molecule has 6 aliphatic rings. The first-order valence-electron chi connectivity index (χ1n) is 20.6. The molecule has 9 rings (SSSR count). The zero-order chi connectivity index (χ0) is 39.5. The number of benzene rings is 3. The van der Waals surface area contributed by atoms with E-state index in [2.05, 4.69) is 31.4 Å². The summed E-state index contributed by atoms with van der Waals surface area (Å²) in [6.45, 7) is 12.9. The van der Waals surface area contributed by atoms with Crippen LogP contribution in [0.5, 0.6) is 0 Å². The van der Waals surface area contributed by atoms with Crippen LogP contribution in [-0.2, 0) is 30.1 Å². The zero-order valence-corrected chi connectivity index (χ0v) is 33.5. The van der Waals surface area contributed by atoms with E-state index in [1.165, 1.54) is 0 Å². The first-order chi connectivity index (χ1) is 26.8. The van der Waals surface area contributed by atoms with Crippen LogP contribution in [0.2, 0.25) is 0 Å². The molecule has 5 amide bonds. The van der Waals surface area contributed by atoms with Crippen LogP contribution in [0, 0.1) is 23.2 Å². The van der Waals surface area contributed by atoms with E-state index in [9.17, 15) is 19.2 Å². The summed E-state index contributed by atoms with van der Waals surface area (Å²) in [7, 11) is -0.641. The van der Waals surface area contributed by atoms with Crippen LogP contribution in [0.3, 0.4) is 0 Å². The molecule has 10 nitrogen and oxygen atoms in total. The van der Waals surface area contributed by atoms with Gasteiger partial charge in [0.05, 0.1) is 30.1 Å². The highest BCUT2D eigenvalue weighted by molar-refractivity contribution is 6.48. The molecule has 0 spiro atoms. The minimum Gasteiger partial charge on any atom is -0.404 e. The number of fused-ring (bicyclic) bond motifs is 3. The van der Waals surface area contributed by atoms with E-state index in [1.54, 1.807) is 4.90 Å². The molecular weight excluding hydrogens is 703 g/mol. The van der Waals surface area contributed by atoms with Crippen molar-refractivity contribution in [2.75, 3.05) is 13.1 Å². The molecular formula is C45H55BN4O6. The van der Waals surface area contributed by atoms with E-state index < -0.39 is 54.5 Å². The Morgan fingerprint density at radius 1 is 0.875 bits per heavy atom. The van der Waals surface area contributed by atoms with Gasteiger partial charge in [0.25, 0.3) is 5.91 Å². The van der Waals surface area contributed by atoms with E-state index in [-0.39, 0.29) is 29.9 Å². The van der Waals surface area contributed by atoms with E-state index in [1.807, 2.05) is 99.6 Å². The summed E-state index contributed by atoms with van der Waals surface area (Å²) in [6.07, 6.45) is 3.96. The van der Waals surface area contributed by atoms with Gasteiger partial charge >= 0.3 is 13.1 Å². The van der Waals surface area contributed by atoms with E-state index in [0.29, 0.717) is 31.2 Å². The summed E-state index contributed by atoms with van der Waals surface area (Å²) in [5.41, 5.74) is 4.61. The summed E-state index contributed by atoms with van der Waals surface area (Å²) < 4.78 is 13.3. The highest BCUT2D eigenvalue weighted by Gasteiger charge is 2.68. The van der Waals surface area contributed by atoms with Gasteiger partial charge in [-0.2, -0.15) is 0 Å². The Hall–Kier alpha value is -4.48. The Morgan fingerprint density at radius 3 is 2.14 bits per heavy atom. The van der Waals surface area contributed by atoms with Crippen molar-refractivity contribution in [2.45, 2.75) is 109 Å². The van der Waals surface area contributed by atoms with Crippen LogP contribution in [0.25, 0.3) is 11.1 Å². The minimum atomic E-state index is -1.10. The van der Waals surface area contributed by atoms with Gasteiger partial charge in [0.2, 0.25) is 11.8 Å². The van der Waals surface area contributed by atoms with Crippen LogP contribution in [0.4, 0.5) is 4.79 Å². The molecule has 0 aromatic heterocycles. The van der Waals surface area contributed by atoms with Gasteiger partial charge in [-0.3, -0.25) is 14.4 Å². The fourth-order valence-corrected chi connectivity index (χ4v) is 10.5. The van der Waals surface area contributed by atoms with Gasteiger partial charge < -0.3 is 24.8 Å². The third-order valence-corrected chi connectivity index (χ3v) is 13.8. The van der Waals surface area contributed by atoms with Gasteiger partial charge in [-0.1, -0.05) is 113 Å². The van der Waals surface area contributed by atoms with Gasteiger partial charge in [-0.05, 0) is 90.0 Å². The largest absolute Gasteiger partial charge is 0.481 e. The predicted molar refractivity (Wildman–Crippen MR) is 215 cm³/mol. The SMILES string of the molecule is CC[C@H](NC(=O)[C@@H]1CN(CCCc2ccccc2)C(=O)N1C(=O)[C@@H](NC(=O)C1c2ccccc2-c2ccccc21)C(C)C)B1O[C@@H]2CC3CC(C3(C)C)[C@]2(C)O1. The standard InChI is InChI=1S/C45H55BN4O6/c1-7-37(46-55-36-25-29-24-35(44(29,4)5)45(36,6)56-46)47-40(51)34-26-49(23-15-18-28-16-9-8-10-17-28)43(54)50(34)42(53)39(27(2)3)48-41(52)38-32-21-13-11-19-30(32)31-20-12-14-22-33(31)38/h8-14,16-17,19-22,27,29,34-39H,7,15,18,23-26H2,1-6H3,(H,47,51)(H,48,52)/t29?,34-,35?,36+,37-,39-,45-/m0/s1. The second-order valence-electron chi connectivity index (χ2n) is 17.7. The predicted octanol–water partition coefficient (Wildman–Crippen LogP) is 6.37. The third-order valence-electron chi connectivity index (χ3n) is 13.8. The lowest BCUT2D eigenvalue weighted by atomic mass is 9.43. The lowest BCUT2D eigenvalue weighted by Gasteiger charge is -2.64. The van der Waals surface area contributed by atoms with Gasteiger partial charge in [-0.15, -0.1) is 0 Å². The van der Waals surface area contributed by atoms with Crippen molar-refractivity contribution in [2.24, 2.45) is 23.2 Å². The van der Waals surface area contributed by atoms with Gasteiger partial charge in [0.1, 0.15) is 12.1 Å². The molecule has 7 atom stereocenters. The lowest BCUT2D eigenvalue weighted by Crippen LogP contribution is -2.65. The van der Waals surface area contributed by atoms with Crippen LogP contribution in [0.1, 0.15) is 89.8 Å². The summed E-state index contributed by atoms with van der Waals surface area (Å²) >= 11 is 0. The summed E-state index contributed by atoms with van der Waals surface area (Å²) in [6, 6.07) is 23.0. The van der Waals surface area contributed by atoms with Crippen LogP contribution in [0.15, 0.2) is 78.9 Å². The number of urea groups is 1. The maximum atomic E-state index is 14.8. The number of rotatable bonds is 12. The van der Waals surface area contributed by atoms with Crippen molar-refractivity contribution in [3.05, 3.63) is 95.6 Å². The quantitative estimate of drug-likeness (QED) is 0.208. The van der Waals surface area contributed by atoms with Gasteiger partial charge in [-0.25, -0.2) is 9.69 Å². The maximum Gasteiger partial charge on any atom is 0.481 e. The summed E-state index contributed by atoms with van der Waals surface area (Å²) in [4.78, 5) is 60.5. The maximum absolute atomic E-state index is 14.8. The molecule has 0 radical (unpaired) electrons. The number of nitrogens with zero attached hydrogens (tertiary/aromatic N) is 2. The van der Waals surface area contributed by atoms with E-state index in [4.69, 9.17) is 9.31 Å². The first-order valence-corrected chi connectivity index (χ1v) is 20.6. The second kappa shape index (κ2) is 14.8. The molecule has 2 N–H and O–H groups in total. The smallest absolute Gasteiger partial charge is 0.404 e. The molecule has 2 unspecified atom stereocenters. The van der Waals surface area contributed by atoms with Crippen molar-refractivity contribution < 1.29 is 28.5 Å². The molecule has 2 aliphatic heterocycles. The minimum absolute atomic E-state index is 0.0457. The number of imide groups is 1. The number of nitrogens with one attached hydrogen (secondary N) is 2. The Bertz CT molecular complexity index is 1960. The molecule has 3 saturated carbocycles. The molecule has 3 aromatic carbocycles. The van der Waals surface area contributed by atoms with Crippen molar-refractivity contribution in [1.82, 2.24) is 20.4 Å².